The number of rotatable bonds is 5. The number of phenolic OH excluding ortho intramolecular Hbond substituents is 1. The molecule has 3 N–H and O–H groups in total. The number of carbonyl (C=O) groups is 1. The van der Waals surface area contributed by atoms with E-state index >= 15 is 0 Å². The van der Waals surface area contributed by atoms with Gasteiger partial charge >= 0.3 is 0 Å². The second-order valence-electron chi connectivity index (χ2n) is 13.3. The number of likely N-dealkylation sites (tertiary alicyclic amines) is 1. The molecule has 3 aromatic carbocycles. The van der Waals surface area contributed by atoms with Crippen LogP contribution < -0.4 is 10.1 Å². The van der Waals surface area contributed by atoms with Gasteiger partial charge in [-0.2, -0.15) is 0 Å². The fraction of sp³-hybridized carbons (Fsp3) is 0.400. The number of hydrogen-bond donors (Lipinski definition) is 3. The molecule has 3 heterocycles. The molecule has 9 rings (SSSR count). The Kier molecular flexibility index (Phi) is 4.95. The molecular weight excluding hydrogens is 526 g/mol. The predicted molar refractivity (Wildman–Crippen MR) is 160 cm³/mol. The van der Waals surface area contributed by atoms with Gasteiger partial charge in [-0.3, -0.25) is 9.69 Å². The van der Waals surface area contributed by atoms with Gasteiger partial charge in [0.05, 0.1) is 16.7 Å². The number of amides is 1. The Morgan fingerprint density at radius 3 is 2.81 bits per heavy atom. The number of carbonyl (C=O) groups excluding carboxylic acids is 1. The van der Waals surface area contributed by atoms with Crippen molar-refractivity contribution in [2.75, 3.05) is 18.4 Å². The van der Waals surface area contributed by atoms with E-state index in [1.54, 1.807) is 6.07 Å². The van der Waals surface area contributed by atoms with E-state index in [-0.39, 0.29) is 17.7 Å². The minimum atomic E-state index is -1.01. The van der Waals surface area contributed by atoms with Gasteiger partial charge < -0.3 is 24.8 Å². The van der Waals surface area contributed by atoms with Gasteiger partial charge in [-0.1, -0.05) is 36.4 Å². The molecule has 1 aromatic heterocycles. The predicted octanol–water partition coefficient (Wildman–Crippen LogP) is 5.05. The summed E-state index contributed by atoms with van der Waals surface area (Å²) in [5.74, 6) is 1.36. The smallest absolute Gasteiger partial charge is 0.221 e. The molecule has 3 aliphatic carbocycles. The quantitative estimate of drug-likeness (QED) is 0.317. The summed E-state index contributed by atoms with van der Waals surface area (Å²) in [4.78, 5) is 14.3. The highest BCUT2D eigenvalue weighted by Gasteiger charge is 2.73. The van der Waals surface area contributed by atoms with Crippen LogP contribution in [0.3, 0.4) is 0 Å². The van der Waals surface area contributed by atoms with Gasteiger partial charge in [-0.05, 0) is 79.1 Å². The molecule has 214 valence electrons. The lowest BCUT2D eigenvalue weighted by molar-refractivity contribution is -0.173. The number of nitrogens with one attached hydrogen (secondary N) is 1. The first-order valence-electron chi connectivity index (χ1n) is 15.3. The normalized spacial score (nSPS) is 28.7. The van der Waals surface area contributed by atoms with Crippen molar-refractivity contribution in [1.29, 1.82) is 0 Å². The first-order chi connectivity index (χ1) is 20.4. The Morgan fingerprint density at radius 1 is 1.12 bits per heavy atom. The van der Waals surface area contributed by atoms with E-state index in [0.717, 1.165) is 70.8 Å². The third kappa shape index (κ3) is 3.15. The van der Waals surface area contributed by atoms with E-state index in [2.05, 4.69) is 51.2 Å². The Balaban J connectivity index is 1.26. The van der Waals surface area contributed by atoms with E-state index < -0.39 is 17.1 Å². The van der Waals surface area contributed by atoms with Crippen LogP contribution in [0.4, 0.5) is 5.69 Å². The molecule has 2 fully saturated rings. The van der Waals surface area contributed by atoms with Crippen LogP contribution in [0.1, 0.15) is 60.2 Å². The minimum absolute atomic E-state index is 0.00513. The van der Waals surface area contributed by atoms with Crippen molar-refractivity contribution in [3.8, 4) is 11.5 Å². The first-order valence-corrected chi connectivity index (χ1v) is 15.3. The lowest BCUT2D eigenvalue weighted by atomic mass is 9.49. The number of para-hydroxylation sites is 1. The van der Waals surface area contributed by atoms with E-state index in [9.17, 15) is 15.0 Å². The zero-order valence-electron chi connectivity index (χ0n) is 23.8. The summed E-state index contributed by atoms with van der Waals surface area (Å²) < 4.78 is 9.27. The maximum absolute atomic E-state index is 13.2. The highest BCUT2D eigenvalue weighted by molar-refractivity contribution is 5.89. The second-order valence-corrected chi connectivity index (χ2v) is 13.3. The van der Waals surface area contributed by atoms with E-state index in [0.29, 0.717) is 18.7 Å². The monoisotopic (exact) mass is 561 g/mol. The molecule has 4 aromatic rings. The summed E-state index contributed by atoms with van der Waals surface area (Å²) in [5, 5.41) is 28.3. The Hall–Kier alpha value is -3.81. The van der Waals surface area contributed by atoms with Gasteiger partial charge in [0.1, 0.15) is 0 Å². The van der Waals surface area contributed by atoms with Gasteiger partial charge in [-0.25, -0.2) is 0 Å². The number of nitrogens with zero attached hydrogens (tertiary/aromatic N) is 2. The van der Waals surface area contributed by atoms with Crippen molar-refractivity contribution in [3.05, 3.63) is 88.6 Å². The van der Waals surface area contributed by atoms with Crippen LogP contribution >= 0.6 is 0 Å². The third-order valence-electron chi connectivity index (χ3n) is 10.9. The Bertz CT molecular complexity index is 1810. The number of fused-ring (bicyclic) bond motifs is 4. The van der Waals surface area contributed by atoms with Crippen molar-refractivity contribution in [1.82, 2.24) is 9.47 Å². The summed E-state index contributed by atoms with van der Waals surface area (Å²) in [7, 11) is 0. The zero-order valence-corrected chi connectivity index (χ0v) is 23.8. The minimum Gasteiger partial charge on any atom is -0.504 e. The van der Waals surface area contributed by atoms with Gasteiger partial charge in [-0.15, -0.1) is 0 Å². The second kappa shape index (κ2) is 8.39. The number of aromatic nitrogens is 1. The maximum atomic E-state index is 13.2. The summed E-state index contributed by atoms with van der Waals surface area (Å²) >= 11 is 0. The highest BCUT2D eigenvalue weighted by Crippen LogP contribution is 2.69. The van der Waals surface area contributed by atoms with Crippen LogP contribution in [0, 0.1) is 5.92 Å². The van der Waals surface area contributed by atoms with Crippen LogP contribution in [0.15, 0.2) is 60.7 Å². The lowest BCUT2D eigenvalue weighted by Crippen LogP contribution is -2.74. The van der Waals surface area contributed by atoms with E-state index in [1.165, 1.54) is 25.3 Å². The van der Waals surface area contributed by atoms with Gasteiger partial charge in [0.2, 0.25) is 5.91 Å². The SMILES string of the molecule is CC(=O)Nc1cccc(Cn2c3c(c4ccccc42)C[C@@]2(O)[C@H]4Cc5ccc(O)c6c5[C@@]2(CCN4CC2CC2)[C@H]3O6)c1. The van der Waals surface area contributed by atoms with E-state index in [4.69, 9.17) is 4.74 Å². The summed E-state index contributed by atoms with van der Waals surface area (Å²) in [5.41, 5.74) is 5.81. The third-order valence-corrected chi connectivity index (χ3v) is 10.9. The highest BCUT2D eigenvalue weighted by atomic mass is 16.5. The van der Waals surface area contributed by atoms with Crippen molar-refractivity contribution >= 4 is 22.5 Å². The molecule has 1 saturated carbocycles. The molecule has 1 saturated heterocycles. The van der Waals surface area contributed by atoms with Crippen molar-refractivity contribution in [2.24, 2.45) is 5.92 Å². The summed E-state index contributed by atoms with van der Waals surface area (Å²) in [6.45, 7) is 4.10. The Morgan fingerprint density at radius 2 is 1.98 bits per heavy atom. The Labute approximate surface area is 244 Å². The molecule has 2 bridgehead atoms. The number of phenols is 1. The molecule has 1 spiro atoms. The lowest BCUT2D eigenvalue weighted by Gasteiger charge is -2.63. The average molecular weight is 562 g/mol. The first kappa shape index (κ1) is 24.8. The van der Waals surface area contributed by atoms with E-state index in [1.807, 2.05) is 18.2 Å². The molecule has 5 aliphatic rings. The number of benzene rings is 3. The molecule has 2 aliphatic heterocycles. The van der Waals surface area contributed by atoms with Crippen LogP contribution in [0.2, 0.25) is 0 Å². The summed E-state index contributed by atoms with van der Waals surface area (Å²) in [6, 6.07) is 20.3. The van der Waals surface area contributed by atoms with Crippen LogP contribution in [-0.2, 0) is 29.6 Å². The van der Waals surface area contributed by atoms with Crippen LogP contribution in [0.25, 0.3) is 10.9 Å². The number of piperidine rings is 1. The standard InChI is InChI=1S/C35H35N3O4/c1-20(39)36-24-6-4-5-22(15-24)19-38-27-8-3-2-7-25(27)26-17-35(41)29-16-23-11-12-28(40)32-30(23)34(35,33(42-32)31(26)38)13-14-37(29)18-21-9-10-21/h2-8,11-12,15,21,29,33,40-41H,9-10,13-14,16-19H2,1H3,(H,36,39)/t29-,33+,34+,35-/m1/s1. The molecule has 1 amide bonds. The van der Waals surface area contributed by atoms with Crippen LogP contribution in [-0.4, -0.2) is 50.3 Å². The van der Waals surface area contributed by atoms with Gasteiger partial charge in [0.25, 0.3) is 0 Å². The molecule has 0 radical (unpaired) electrons. The molecule has 7 nitrogen and oxygen atoms in total. The molecule has 4 atom stereocenters. The fourth-order valence-electron chi connectivity index (χ4n) is 9.11. The zero-order chi connectivity index (χ0) is 28.4. The van der Waals surface area contributed by atoms with Crippen LogP contribution in [0.5, 0.6) is 11.5 Å². The number of ether oxygens (including phenoxy) is 1. The average Bonchev–Trinajstić information content (AvgIpc) is 3.64. The van der Waals surface area contributed by atoms with Gasteiger partial charge in [0, 0.05) is 54.6 Å². The molecule has 7 heteroatoms. The number of anilines is 1. The number of aromatic hydroxyl groups is 1. The molecule has 0 unspecified atom stereocenters. The summed E-state index contributed by atoms with van der Waals surface area (Å²) in [6.07, 6.45) is 4.28. The maximum Gasteiger partial charge on any atom is 0.221 e. The fourth-order valence-corrected chi connectivity index (χ4v) is 9.11. The van der Waals surface area contributed by atoms with Crippen molar-refractivity contribution in [3.63, 3.8) is 0 Å². The number of hydrogen-bond acceptors (Lipinski definition) is 5. The topological polar surface area (TPSA) is 87.0 Å². The number of aliphatic hydroxyl groups is 1. The molecular formula is C35H35N3O4. The van der Waals surface area contributed by atoms with Crippen molar-refractivity contribution in [2.45, 2.75) is 68.7 Å². The largest absolute Gasteiger partial charge is 0.504 e. The van der Waals surface area contributed by atoms with Gasteiger partial charge in [0.15, 0.2) is 17.6 Å². The van der Waals surface area contributed by atoms with Crippen molar-refractivity contribution < 1.29 is 19.7 Å². The molecule has 42 heavy (non-hydrogen) atoms.